The van der Waals surface area contributed by atoms with E-state index in [1.165, 1.54) is 5.56 Å². The summed E-state index contributed by atoms with van der Waals surface area (Å²) in [5.41, 5.74) is 1.84. The second-order valence-electron chi connectivity index (χ2n) is 5.18. The number of ether oxygens (including phenoxy) is 1. The van der Waals surface area contributed by atoms with E-state index < -0.39 is 12.1 Å². The number of carboxylic acid groups (broad SMARTS) is 1. The van der Waals surface area contributed by atoms with Gasteiger partial charge >= 0.3 is 5.97 Å². The number of thioether (sulfide) groups is 1. The van der Waals surface area contributed by atoms with E-state index in [0.29, 0.717) is 25.3 Å². The molecule has 0 spiro atoms. The lowest BCUT2D eigenvalue weighted by molar-refractivity contribution is -0.141. The third-order valence-electron chi connectivity index (χ3n) is 3.50. The molecule has 2 rings (SSSR count). The molecule has 1 aromatic rings. The lowest BCUT2D eigenvalue weighted by atomic mass is 10.1. The molecule has 1 aliphatic heterocycles. The van der Waals surface area contributed by atoms with Crippen molar-refractivity contribution in [3.05, 3.63) is 35.4 Å². The third kappa shape index (κ3) is 4.74. The number of aliphatic carboxylic acids is 1. The molecule has 1 aliphatic rings. The summed E-state index contributed by atoms with van der Waals surface area (Å²) < 4.78 is 5.39. The first-order chi connectivity index (χ1) is 10.6. The fraction of sp³-hybridized carbons (Fsp3) is 0.500. The third-order valence-corrected chi connectivity index (χ3v) is 4.45. The van der Waals surface area contributed by atoms with Gasteiger partial charge in [-0.05, 0) is 23.4 Å². The Labute approximate surface area is 134 Å². The molecule has 0 aromatic heterocycles. The highest BCUT2D eigenvalue weighted by atomic mass is 32.2. The van der Waals surface area contributed by atoms with Gasteiger partial charge in [0.1, 0.15) is 0 Å². The average molecular weight is 323 g/mol. The Morgan fingerprint density at radius 2 is 2.09 bits per heavy atom. The van der Waals surface area contributed by atoms with Crippen molar-refractivity contribution in [2.75, 3.05) is 25.4 Å². The molecule has 1 atom stereocenters. The van der Waals surface area contributed by atoms with E-state index in [2.05, 4.69) is 6.92 Å². The standard InChI is InChI=1S/C16H21NO4S/c1-2-22-11-12-3-5-13(6-4-12)16(20)17-7-8-21-14(10-17)9-15(18)19/h3-6,14H,2,7-11H2,1H3,(H,18,19). The van der Waals surface area contributed by atoms with Gasteiger partial charge in [-0.3, -0.25) is 9.59 Å². The summed E-state index contributed by atoms with van der Waals surface area (Å²) >= 11 is 1.84. The van der Waals surface area contributed by atoms with Gasteiger partial charge in [-0.15, -0.1) is 0 Å². The number of carbonyl (C=O) groups is 2. The Balaban J connectivity index is 1.96. The summed E-state index contributed by atoms with van der Waals surface area (Å²) in [4.78, 5) is 24.9. The molecule has 1 aromatic carbocycles. The molecule has 1 heterocycles. The highest BCUT2D eigenvalue weighted by molar-refractivity contribution is 7.98. The van der Waals surface area contributed by atoms with Crippen molar-refractivity contribution >= 4 is 23.6 Å². The predicted octanol–water partition coefficient (Wildman–Crippen LogP) is 2.26. The highest BCUT2D eigenvalue weighted by Gasteiger charge is 2.26. The van der Waals surface area contributed by atoms with Gasteiger partial charge in [0.05, 0.1) is 19.1 Å². The second kappa shape index (κ2) is 8.19. The van der Waals surface area contributed by atoms with Crippen LogP contribution in [0.3, 0.4) is 0 Å². The molecule has 1 fully saturated rings. The molecular formula is C16H21NO4S. The second-order valence-corrected chi connectivity index (χ2v) is 6.45. The van der Waals surface area contributed by atoms with Gasteiger partial charge in [-0.1, -0.05) is 19.1 Å². The van der Waals surface area contributed by atoms with Crippen LogP contribution in [0.1, 0.15) is 29.3 Å². The Morgan fingerprint density at radius 3 is 2.73 bits per heavy atom. The zero-order chi connectivity index (χ0) is 15.9. The maximum absolute atomic E-state index is 12.5. The van der Waals surface area contributed by atoms with Crippen molar-refractivity contribution in [2.45, 2.75) is 25.2 Å². The highest BCUT2D eigenvalue weighted by Crippen LogP contribution is 2.16. The van der Waals surface area contributed by atoms with Crippen molar-refractivity contribution in [1.29, 1.82) is 0 Å². The van der Waals surface area contributed by atoms with Crippen molar-refractivity contribution < 1.29 is 19.4 Å². The van der Waals surface area contributed by atoms with Crippen LogP contribution in [0.5, 0.6) is 0 Å². The number of amides is 1. The molecular weight excluding hydrogens is 302 g/mol. The Hall–Kier alpha value is -1.53. The minimum atomic E-state index is -0.905. The first kappa shape index (κ1) is 16.8. The van der Waals surface area contributed by atoms with Crippen LogP contribution in [-0.2, 0) is 15.3 Å². The Kier molecular flexibility index (Phi) is 6.27. The van der Waals surface area contributed by atoms with Crippen LogP contribution in [-0.4, -0.2) is 53.4 Å². The summed E-state index contributed by atoms with van der Waals surface area (Å²) in [5.74, 6) is 1.05. The van der Waals surface area contributed by atoms with Crippen LogP contribution in [0.15, 0.2) is 24.3 Å². The number of hydrogen-bond acceptors (Lipinski definition) is 4. The van der Waals surface area contributed by atoms with E-state index in [4.69, 9.17) is 9.84 Å². The van der Waals surface area contributed by atoms with Crippen molar-refractivity contribution in [1.82, 2.24) is 4.90 Å². The Morgan fingerprint density at radius 1 is 1.36 bits per heavy atom. The van der Waals surface area contributed by atoms with E-state index in [1.54, 1.807) is 4.90 Å². The molecule has 6 heteroatoms. The molecule has 22 heavy (non-hydrogen) atoms. The predicted molar refractivity (Wildman–Crippen MR) is 86.2 cm³/mol. The van der Waals surface area contributed by atoms with Gasteiger partial charge in [0.2, 0.25) is 0 Å². The summed E-state index contributed by atoms with van der Waals surface area (Å²) in [6, 6.07) is 7.64. The normalized spacial score (nSPS) is 18.2. The molecule has 5 nitrogen and oxygen atoms in total. The molecule has 1 N–H and O–H groups in total. The SMILES string of the molecule is CCSCc1ccc(C(=O)N2CCOC(CC(=O)O)C2)cc1. The molecule has 0 aliphatic carbocycles. The van der Waals surface area contributed by atoms with Gasteiger partial charge < -0.3 is 14.7 Å². The molecule has 1 saturated heterocycles. The van der Waals surface area contributed by atoms with Gasteiger partial charge in [0.15, 0.2) is 0 Å². The molecule has 0 saturated carbocycles. The number of benzene rings is 1. The molecule has 0 bridgehead atoms. The lowest BCUT2D eigenvalue weighted by Gasteiger charge is -2.32. The maximum Gasteiger partial charge on any atom is 0.306 e. The Bertz CT molecular complexity index is 517. The zero-order valence-corrected chi connectivity index (χ0v) is 13.5. The molecule has 120 valence electrons. The van der Waals surface area contributed by atoms with Crippen LogP contribution in [0.2, 0.25) is 0 Å². The summed E-state index contributed by atoms with van der Waals surface area (Å²) in [5, 5.41) is 8.82. The first-order valence-electron chi connectivity index (χ1n) is 7.39. The quantitative estimate of drug-likeness (QED) is 0.870. The van der Waals surface area contributed by atoms with Gasteiger partial charge in [-0.25, -0.2) is 0 Å². The monoisotopic (exact) mass is 323 g/mol. The molecule has 1 unspecified atom stereocenters. The first-order valence-corrected chi connectivity index (χ1v) is 8.55. The van der Waals surface area contributed by atoms with E-state index in [9.17, 15) is 9.59 Å². The molecule has 0 radical (unpaired) electrons. The fourth-order valence-corrected chi connectivity index (χ4v) is 3.00. The van der Waals surface area contributed by atoms with E-state index in [0.717, 1.165) is 11.5 Å². The van der Waals surface area contributed by atoms with Gasteiger partial charge in [0.25, 0.3) is 5.91 Å². The minimum absolute atomic E-state index is 0.0617. The lowest BCUT2D eigenvalue weighted by Crippen LogP contribution is -2.46. The number of morpholine rings is 1. The van der Waals surface area contributed by atoms with Crippen molar-refractivity contribution in [3.63, 3.8) is 0 Å². The number of carbonyl (C=O) groups excluding carboxylic acids is 1. The fourth-order valence-electron chi connectivity index (χ4n) is 2.37. The van der Waals surface area contributed by atoms with Crippen molar-refractivity contribution in [3.8, 4) is 0 Å². The van der Waals surface area contributed by atoms with Gasteiger partial charge in [0, 0.05) is 24.4 Å². The number of rotatable bonds is 6. The number of hydrogen-bond donors (Lipinski definition) is 1. The zero-order valence-electron chi connectivity index (χ0n) is 12.7. The van der Waals surface area contributed by atoms with Crippen LogP contribution in [0.4, 0.5) is 0 Å². The number of nitrogens with zero attached hydrogens (tertiary/aromatic N) is 1. The topological polar surface area (TPSA) is 66.8 Å². The minimum Gasteiger partial charge on any atom is -0.481 e. The van der Waals surface area contributed by atoms with Crippen LogP contribution in [0, 0.1) is 0 Å². The van der Waals surface area contributed by atoms with E-state index in [1.807, 2.05) is 36.0 Å². The molecule has 1 amide bonds. The summed E-state index contributed by atoms with van der Waals surface area (Å²) in [6.45, 7) is 3.34. The van der Waals surface area contributed by atoms with Gasteiger partial charge in [-0.2, -0.15) is 11.8 Å². The average Bonchev–Trinajstić information content (AvgIpc) is 2.52. The van der Waals surface area contributed by atoms with Crippen LogP contribution < -0.4 is 0 Å². The number of carboxylic acids is 1. The smallest absolute Gasteiger partial charge is 0.306 e. The van der Waals surface area contributed by atoms with E-state index in [-0.39, 0.29) is 12.3 Å². The maximum atomic E-state index is 12.5. The van der Waals surface area contributed by atoms with Crippen LogP contribution in [0.25, 0.3) is 0 Å². The van der Waals surface area contributed by atoms with Crippen LogP contribution >= 0.6 is 11.8 Å². The van der Waals surface area contributed by atoms with Crippen molar-refractivity contribution in [2.24, 2.45) is 0 Å². The largest absolute Gasteiger partial charge is 0.481 e. The summed E-state index contributed by atoms with van der Waals surface area (Å²) in [6.07, 6.45) is -0.493. The van der Waals surface area contributed by atoms with E-state index >= 15 is 0 Å². The summed E-state index contributed by atoms with van der Waals surface area (Å²) in [7, 11) is 0.